The Morgan fingerprint density at radius 3 is 2.76 bits per heavy atom. The lowest BCUT2D eigenvalue weighted by Gasteiger charge is -2.00. The Bertz CT molecular complexity index is 889. The summed E-state index contributed by atoms with van der Waals surface area (Å²) in [5.74, 6) is -0.239. The molecule has 0 aliphatic heterocycles. The average molecular weight is 337 g/mol. The molecule has 1 aromatic carbocycles. The molecule has 3 aromatic rings. The quantitative estimate of drug-likeness (QED) is 0.679. The van der Waals surface area contributed by atoms with E-state index in [1.165, 1.54) is 28.2 Å². The first kappa shape index (κ1) is 14.5. The second-order valence-electron chi connectivity index (χ2n) is 4.62. The third-order valence-electron chi connectivity index (χ3n) is 3.14. The topological polar surface area (TPSA) is 34.4 Å². The molecule has 0 atom stereocenters. The van der Waals surface area contributed by atoms with Gasteiger partial charge in [-0.05, 0) is 43.7 Å². The average Bonchev–Trinajstić information content (AvgIpc) is 3.01. The van der Waals surface area contributed by atoms with Gasteiger partial charge in [-0.3, -0.25) is 4.79 Å². The summed E-state index contributed by atoms with van der Waals surface area (Å²) in [5.41, 5.74) is 2.32. The minimum atomic E-state index is -0.239. The van der Waals surface area contributed by atoms with E-state index in [0.29, 0.717) is 9.21 Å². The fraction of sp³-hybridized carbons (Fsp3) is 0.200. The van der Waals surface area contributed by atoms with Crippen molar-refractivity contribution in [3.05, 3.63) is 49.9 Å². The summed E-state index contributed by atoms with van der Waals surface area (Å²) >= 11 is 8.66. The lowest BCUT2D eigenvalue weighted by atomic mass is 10.2. The van der Waals surface area contributed by atoms with E-state index in [-0.39, 0.29) is 5.91 Å². The molecule has 2 heterocycles. The predicted molar refractivity (Wildman–Crippen MR) is 89.4 cm³/mol. The summed E-state index contributed by atoms with van der Waals surface area (Å²) in [6, 6.07) is 9.71. The first-order valence-electron chi connectivity index (χ1n) is 6.53. The van der Waals surface area contributed by atoms with Crippen LogP contribution < -0.4 is 4.80 Å². The number of thiazole rings is 1. The van der Waals surface area contributed by atoms with Gasteiger partial charge in [0.15, 0.2) is 4.80 Å². The van der Waals surface area contributed by atoms with Gasteiger partial charge < -0.3 is 4.57 Å². The first-order chi connectivity index (χ1) is 10.1. The van der Waals surface area contributed by atoms with Gasteiger partial charge in [0.25, 0.3) is 5.91 Å². The molecule has 108 valence electrons. The zero-order valence-electron chi connectivity index (χ0n) is 11.6. The van der Waals surface area contributed by atoms with E-state index < -0.39 is 0 Å². The van der Waals surface area contributed by atoms with Crippen LogP contribution in [0.15, 0.2) is 35.3 Å². The van der Waals surface area contributed by atoms with Crippen LogP contribution in [0, 0.1) is 6.92 Å². The maximum Gasteiger partial charge on any atom is 0.289 e. The third-order valence-corrected chi connectivity index (χ3v) is 5.40. The number of hydrogen-bond donors (Lipinski definition) is 0. The molecule has 0 radical (unpaired) electrons. The van der Waals surface area contributed by atoms with Crippen molar-refractivity contribution < 1.29 is 4.79 Å². The molecule has 1 amide bonds. The predicted octanol–water partition coefficient (Wildman–Crippen LogP) is 4.49. The van der Waals surface area contributed by atoms with Gasteiger partial charge in [0.05, 0.1) is 19.4 Å². The normalized spacial score (nSPS) is 12.2. The van der Waals surface area contributed by atoms with Gasteiger partial charge in [-0.25, -0.2) is 0 Å². The van der Waals surface area contributed by atoms with Crippen LogP contribution in [0.25, 0.3) is 10.2 Å². The fourth-order valence-corrected chi connectivity index (χ4v) is 4.26. The molecule has 21 heavy (non-hydrogen) atoms. The molecule has 2 aromatic heterocycles. The summed E-state index contributed by atoms with van der Waals surface area (Å²) < 4.78 is 3.81. The maximum absolute atomic E-state index is 12.2. The highest BCUT2D eigenvalue weighted by Gasteiger charge is 2.10. The Morgan fingerprint density at radius 1 is 1.29 bits per heavy atom. The smallest absolute Gasteiger partial charge is 0.289 e. The Balaban J connectivity index is 2.15. The number of rotatable bonds is 2. The molecule has 6 heteroatoms. The Morgan fingerprint density at radius 2 is 2.10 bits per heavy atom. The molecular formula is C15H13ClN2OS2. The van der Waals surface area contributed by atoms with Crippen LogP contribution in [0.2, 0.25) is 4.34 Å². The number of benzene rings is 1. The summed E-state index contributed by atoms with van der Waals surface area (Å²) in [6.45, 7) is 4.89. The van der Waals surface area contributed by atoms with Crippen molar-refractivity contribution in [1.29, 1.82) is 0 Å². The van der Waals surface area contributed by atoms with Crippen molar-refractivity contribution in [2.45, 2.75) is 20.4 Å². The molecule has 3 nitrogen and oxygen atoms in total. The zero-order chi connectivity index (χ0) is 15.0. The highest BCUT2D eigenvalue weighted by Crippen LogP contribution is 2.22. The van der Waals surface area contributed by atoms with Crippen molar-refractivity contribution in [1.82, 2.24) is 4.57 Å². The van der Waals surface area contributed by atoms with Crippen LogP contribution in [0.3, 0.4) is 0 Å². The minimum absolute atomic E-state index is 0.239. The molecule has 3 rings (SSSR count). The van der Waals surface area contributed by atoms with Crippen LogP contribution in [0.1, 0.15) is 22.2 Å². The lowest BCUT2D eigenvalue weighted by Crippen LogP contribution is -2.15. The van der Waals surface area contributed by atoms with E-state index in [0.717, 1.165) is 21.6 Å². The summed E-state index contributed by atoms with van der Waals surface area (Å²) in [6.07, 6.45) is 0. The second-order valence-corrected chi connectivity index (χ2v) is 7.34. The van der Waals surface area contributed by atoms with E-state index >= 15 is 0 Å². The molecular weight excluding hydrogens is 324 g/mol. The Kier molecular flexibility index (Phi) is 3.97. The van der Waals surface area contributed by atoms with Crippen LogP contribution >= 0.6 is 34.3 Å². The first-order valence-corrected chi connectivity index (χ1v) is 8.54. The number of nitrogens with zero attached hydrogens (tertiary/aromatic N) is 2. The summed E-state index contributed by atoms with van der Waals surface area (Å²) in [5, 5.41) is 0. The monoisotopic (exact) mass is 336 g/mol. The summed E-state index contributed by atoms with van der Waals surface area (Å²) in [4.78, 5) is 17.8. The van der Waals surface area contributed by atoms with Gasteiger partial charge in [-0.15, -0.1) is 11.3 Å². The molecule has 0 aliphatic carbocycles. The van der Waals surface area contributed by atoms with E-state index in [9.17, 15) is 4.79 Å². The van der Waals surface area contributed by atoms with Crippen molar-refractivity contribution >= 4 is 50.4 Å². The number of amides is 1. The highest BCUT2D eigenvalue weighted by atomic mass is 35.5. The number of fused-ring (bicyclic) bond motifs is 1. The van der Waals surface area contributed by atoms with Gasteiger partial charge >= 0.3 is 0 Å². The standard InChI is InChI=1S/C15H13ClN2OS2/c1-3-18-10-5-4-9(2)8-12(10)21-15(18)17-14(19)11-6-7-13(16)20-11/h4-8H,3H2,1-2H3. The minimum Gasteiger partial charge on any atom is -0.317 e. The van der Waals surface area contributed by atoms with E-state index in [1.54, 1.807) is 12.1 Å². The molecule has 0 saturated carbocycles. The molecule has 0 N–H and O–H groups in total. The SMILES string of the molecule is CCn1c(=NC(=O)c2ccc(Cl)s2)sc2cc(C)ccc21. The van der Waals surface area contributed by atoms with E-state index in [4.69, 9.17) is 11.6 Å². The van der Waals surface area contributed by atoms with Crippen LogP contribution in [0.5, 0.6) is 0 Å². The number of halogens is 1. The number of thiophene rings is 1. The number of aryl methyl sites for hydroxylation is 2. The van der Waals surface area contributed by atoms with Crippen LogP contribution in [0.4, 0.5) is 0 Å². The summed E-state index contributed by atoms with van der Waals surface area (Å²) in [7, 11) is 0. The van der Waals surface area contributed by atoms with Gasteiger partial charge in [0.2, 0.25) is 0 Å². The fourth-order valence-electron chi connectivity index (χ4n) is 2.14. The molecule has 0 bridgehead atoms. The van der Waals surface area contributed by atoms with Gasteiger partial charge in [-0.1, -0.05) is 29.0 Å². The van der Waals surface area contributed by atoms with Gasteiger partial charge in [0, 0.05) is 6.54 Å². The van der Waals surface area contributed by atoms with E-state index in [1.807, 2.05) is 0 Å². The zero-order valence-corrected chi connectivity index (χ0v) is 14.0. The molecule has 0 spiro atoms. The Labute approximate surface area is 135 Å². The van der Waals surface area contributed by atoms with Gasteiger partial charge in [-0.2, -0.15) is 4.99 Å². The number of hydrogen-bond acceptors (Lipinski definition) is 3. The molecule has 0 aliphatic rings. The Hall–Kier alpha value is -1.43. The number of carbonyl (C=O) groups is 1. The molecule has 0 fully saturated rings. The highest BCUT2D eigenvalue weighted by molar-refractivity contribution is 7.18. The largest absolute Gasteiger partial charge is 0.317 e. The van der Waals surface area contributed by atoms with Crippen LogP contribution in [-0.2, 0) is 6.54 Å². The maximum atomic E-state index is 12.2. The van der Waals surface area contributed by atoms with Crippen molar-refractivity contribution in [3.63, 3.8) is 0 Å². The lowest BCUT2D eigenvalue weighted by molar-refractivity contribution is 0.100. The molecule has 0 unspecified atom stereocenters. The van der Waals surface area contributed by atoms with Crippen molar-refractivity contribution in [2.24, 2.45) is 4.99 Å². The number of carbonyl (C=O) groups excluding carboxylic acids is 1. The molecule has 0 saturated heterocycles. The van der Waals surface area contributed by atoms with E-state index in [2.05, 4.69) is 41.6 Å². The second kappa shape index (κ2) is 5.75. The third kappa shape index (κ3) is 2.81. The van der Waals surface area contributed by atoms with Crippen LogP contribution in [-0.4, -0.2) is 10.5 Å². The van der Waals surface area contributed by atoms with Crippen molar-refractivity contribution in [3.8, 4) is 0 Å². The van der Waals surface area contributed by atoms with Crippen molar-refractivity contribution in [2.75, 3.05) is 0 Å². The van der Waals surface area contributed by atoms with Gasteiger partial charge in [0.1, 0.15) is 0 Å². The number of aromatic nitrogens is 1.